The topological polar surface area (TPSA) is 147 Å². The Morgan fingerprint density at radius 1 is 1.03 bits per heavy atom. The maximum atomic E-state index is 14.8. The van der Waals surface area contributed by atoms with Crippen molar-refractivity contribution >= 4 is 34.1 Å². The van der Waals surface area contributed by atoms with Crippen molar-refractivity contribution < 1.29 is 23.4 Å². The van der Waals surface area contributed by atoms with Gasteiger partial charge in [0.15, 0.2) is 11.6 Å². The molecule has 11 heteroatoms. The van der Waals surface area contributed by atoms with Crippen LogP contribution in [0.15, 0.2) is 36.4 Å². The van der Waals surface area contributed by atoms with E-state index in [1.807, 2.05) is 25.1 Å². The van der Waals surface area contributed by atoms with E-state index < -0.39 is 11.7 Å². The van der Waals surface area contributed by atoms with Gasteiger partial charge < -0.3 is 36.3 Å². The zero-order chi connectivity index (χ0) is 26.9. The number of primary amides is 1. The van der Waals surface area contributed by atoms with Gasteiger partial charge in [0.2, 0.25) is 5.88 Å². The highest BCUT2D eigenvalue weighted by Gasteiger charge is 2.24. The molecule has 1 aliphatic rings. The quantitative estimate of drug-likeness (QED) is 0.245. The second-order valence-corrected chi connectivity index (χ2v) is 9.12. The van der Waals surface area contributed by atoms with E-state index in [4.69, 9.17) is 25.7 Å². The van der Waals surface area contributed by atoms with Crippen LogP contribution in [0.2, 0.25) is 0 Å². The van der Waals surface area contributed by atoms with Crippen molar-refractivity contribution in [2.24, 2.45) is 11.5 Å². The second-order valence-electron chi connectivity index (χ2n) is 9.12. The number of rotatable bonds is 13. The van der Waals surface area contributed by atoms with Crippen LogP contribution >= 0.6 is 0 Å². The van der Waals surface area contributed by atoms with E-state index in [9.17, 15) is 9.18 Å². The van der Waals surface area contributed by atoms with Crippen molar-refractivity contribution in [3.63, 3.8) is 0 Å². The molecule has 3 aromatic rings. The summed E-state index contributed by atoms with van der Waals surface area (Å²) in [4.78, 5) is 21.0. The molecule has 0 spiro atoms. The number of fused-ring (bicyclic) bond motifs is 1. The molecule has 0 unspecified atom stereocenters. The highest BCUT2D eigenvalue weighted by Crippen LogP contribution is 2.28. The molecule has 204 valence electrons. The van der Waals surface area contributed by atoms with E-state index in [2.05, 4.69) is 20.6 Å². The van der Waals surface area contributed by atoms with Gasteiger partial charge in [0, 0.05) is 35.8 Å². The van der Waals surface area contributed by atoms with Crippen LogP contribution in [0.4, 0.5) is 21.7 Å². The predicted octanol–water partition coefficient (Wildman–Crippen LogP) is 3.73. The predicted molar refractivity (Wildman–Crippen MR) is 144 cm³/mol. The van der Waals surface area contributed by atoms with Gasteiger partial charge >= 0.3 is 0 Å². The molecule has 1 amide bonds. The molecule has 2 atom stereocenters. The van der Waals surface area contributed by atoms with E-state index >= 15 is 0 Å². The van der Waals surface area contributed by atoms with Crippen LogP contribution in [-0.4, -0.2) is 61.0 Å². The zero-order valence-corrected chi connectivity index (χ0v) is 21.5. The SMILES string of the molecule is CCOCCOCCOc1ccc2ccc(Nc3nc(N[C@@H]4CCCC[C@@H]4N)c(F)cc3C(N)=O)cc2n1. The number of amides is 1. The first kappa shape index (κ1) is 27.5. The summed E-state index contributed by atoms with van der Waals surface area (Å²) in [6.45, 7) is 4.42. The summed E-state index contributed by atoms with van der Waals surface area (Å²) in [6, 6.07) is 10.1. The highest BCUT2D eigenvalue weighted by molar-refractivity contribution is 5.99. The average molecular weight is 527 g/mol. The van der Waals surface area contributed by atoms with Crippen LogP contribution in [0, 0.1) is 5.82 Å². The summed E-state index contributed by atoms with van der Waals surface area (Å²) < 4.78 is 31.2. The number of hydrogen-bond acceptors (Lipinski definition) is 9. The zero-order valence-electron chi connectivity index (χ0n) is 21.5. The van der Waals surface area contributed by atoms with Crippen LogP contribution in [0.5, 0.6) is 5.88 Å². The number of carbonyl (C=O) groups is 1. The smallest absolute Gasteiger partial charge is 0.252 e. The summed E-state index contributed by atoms with van der Waals surface area (Å²) >= 11 is 0. The molecule has 1 aromatic carbocycles. The van der Waals surface area contributed by atoms with Gasteiger partial charge in [-0.1, -0.05) is 18.9 Å². The van der Waals surface area contributed by atoms with Crippen LogP contribution in [-0.2, 0) is 9.47 Å². The number of hydrogen-bond donors (Lipinski definition) is 4. The first-order valence-corrected chi connectivity index (χ1v) is 12.9. The lowest BCUT2D eigenvalue weighted by Gasteiger charge is -2.30. The van der Waals surface area contributed by atoms with E-state index in [1.165, 1.54) is 0 Å². The van der Waals surface area contributed by atoms with Gasteiger partial charge in [0.25, 0.3) is 5.91 Å². The Kier molecular flexibility index (Phi) is 9.63. The Balaban J connectivity index is 1.48. The van der Waals surface area contributed by atoms with Crippen molar-refractivity contribution in [3.8, 4) is 5.88 Å². The molecule has 1 fully saturated rings. The highest BCUT2D eigenvalue weighted by atomic mass is 19.1. The Morgan fingerprint density at radius 3 is 2.58 bits per heavy atom. The normalized spacial score (nSPS) is 17.3. The fraction of sp³-hybridized carbons (Fsp3) is 0.444. The minimum Gasteiger partial charge on any atom is -0.475 e. The van der Waals surface area contributed by atoms with Crippen LogP contribution in [0.25, 0.3) is 10.9 Å². The number of nitrogens with two attached hydrogens (primary N) is 2. The fourth-order valence-corrected chi connectivity index (χ4v) is 4.35. The first-order valence-electron chi connectivity index (χ1n) is 12.9. The lowest BCUT2D eigenvalue weighted by molar-refractivity contribution is 0.0399. The number of halogens is 1. The van der Waals surface area contributed by atoms with Gasteiger partial charge in [-0.15, -0.1) is 0 Å². The minimum absolute atomic E-state index is 0.0259. The molecule has 4 rings (SSSR count). The standard InChI is InChI=1S/C27H35FN6O4/c1-2-36-11-12-37-13-14-38-24-10-8-17-7-9-18(15-23(17)32-24)31-26-19(25(30)35)16-20(28)27(34-26)33-22-6-4-3-5-21(22)29/h7-10,15-16,21-22H,2-6,11-14,29H2,1H3,(H2,30,35)(H2,31,33,34)/t21-,22+/m0/s1. The number of nitrogens with one attached hydrogen (secondary N) is 2. The number of pyridine rings is 2. The van der Waals surface area contributed by atoms with Crippen molar-refractivity contribution in [2.45, 2.75) is 44.7 Å². The number of ether oxygens (including phenoxy) is 3. The van der Waals surface area contributed by atoms with Gasteiger partial charge in [-0.25, -0.2) is 14.4 Å². The summed E-state index contributed by atoms with van der Waals surface area (Å²) in [5.41, 5.74) is 12.9. The minimum atomic E-state index is -0.794. The third-order valence-corrected chi connectivity index (χ3v) is 6.37. The molecule has 0 aliphatic heterocycles. The van der Waals surface area contributed by atoms with Gasteiger partial charge in [-0.3, -0.25) is 4.79 Å². The number of benzene rings is 1. The third-order valence-electron chi connectivity index (χ3n) is 6.37. The van der Waals surface area contributed by atoms with Gasteiger partial charge in [0.05, 0.1) is 30.9 Å². The van der Waals surface area contributed by atoms with Gasteiger partial charge in [-0.2, -0.15) is 0 Å². The van der Waals surface area contributed by atoms with E-state index in [0.29, 0.717) is 50.1 Å². The molecule has 2 heterocycles. The maximum absolute atomic E-state index is 14.8. The molecule has 10 nitrogen and oxygen atoms in total. The number of anilines is 3. The van der Waals surface area contributed by atoms with Crippen molar-refractivity contribution in [1.82, 2.24) is 9.97 Å². The van der Waals surface area contributed by atoms with Crippen LogP contribution in [0.1, 0.15) is 43.0 Å². The Labute approximate surface area is 221 Å². The molecule has 6 N–H and O–H groups in total. The van der Waals surface area contributed by atoms with Crippen molar-refractivity contribution in [1.29, 1.82) is 0 Å². The Bertz CT molecular complexity index is 1240. The molecule has 0 saturated heterocycles. The summed E-state index contributed by atoms with van der Waals surface area (Å²) in [7, 11) is 0. The fourth-order valence-electron chi connectivity index (χ4n) is 4.35. The molecular formula is C27H35FN6O4. The number of aromatic nitrogens is 2. The lowest BCUT2D eigenvalue weighted by atomic mass is 9.91. The van der Waals surface area contributed by atoms with Crippen molar-refractivity contribution in [2.75, 3.05) is 43.7 Å². The molecular weight excluding hydrogens is 491 g/mol. The largest absolute Gasteiger partial charge is 0.475 e. The molecule has 0 bridgehead atoms. The van der Waals surface area contributed by atoms with Gasteiger partial charge in [0.1, 0.15) is 12.4 Å². The molecule has 1 saturated carbocycles. The van der Waals surface area contributed by atoms with Crippen LogP contribution in [0.3, 0.4) is 0 Å². The number of carbonyl (C=O) groups excluding carboxylic acids is 1. The Hall–Kier alpha value is -3.54. The van der Waals surface area contributed by atoms with Gasteiger partial charge in [-0.05, 0) is 44.0 Å². The summed E-state index contributed by atoms with van der Waals surface area (Å²) in [6.07, 6.45) is 3.74. The molecule has 2 aromatic heterocycles. The average Bonchev–Trinajstić information content (AvgIpc) is 2.90. The van der Waals surface area contributed by atoms with E-state index in [-0.39, 0.29) is 29.3 Å². The Morgan fingerprint density at radius 2 is 1.79 bits per heavy atom. The summed E-state index contributed by atoms with van der Waals surface area (Å²) in [5.74, 6) is -0.834. The summed E-state index contributed by atoms with van der Waals surface area (Å²) in [5, 5.41) is 7.11. The lowest BCUT2D eigenvalue weighted by Crippen LogP contribution is -2.43. The number of nitrogens with zero attached hydrogens (tertiary/aromatic N) is 2. The van der Waals surface area contributed by atoms with Crippen LogP contribution < -0.4 is 26.8 Å². The van der Waals surface area contributed by atoms with E-state index in [1.54, 1.807) is 12.1 Å². The van der Waals surface area contributed by atoms with E-state index in [0.717, 1.165) is 37.1 Å². The molecule has 0 radical (unpaired) electrons. The third kappa shape index (κ3) is 7.27. The molecule has 38 heavy (non-hydrogen) atoms. The van der Waals surface area contributed by atoms with Crippen molar-refractivity contribution in [3.05, 3.63) is 47.8 Å². The maximum Gasteiger partial charge on any atom is 0.252 e. The monoisotopic (exact) mass is 526 g/mol. The second kappa shape index (κ2) is 13.3. The molecule has 1 aliphatic carbocycles. The first-order chi connectivity index (χ1) is 18.4.